The maximum absolute atomic E-state index is 8.77. The van der Waals surface area contributed by atoms with Gasteiger partial charge in [0.05, 0.1) is 12.0 Å². The third-order valence-electron chi connectivity index (χ3n) is 2.49. The summed E-state index contributed by atoms with van der Waals surface area (Å²) in [5, 5.41) is 8.80. The molecule has 0 aliphatic carbocycles. The van der Waals surface area contributed by atoms with Crippen LogP contribution in [0.5, 0.6) is 0 Å². The molecular formula is C10H19NPY-. The van der Waals surface area contributed by atoms with Crippen molar-refractivity contribution in [3.05, 3.63) is 6.92 Å². The average molecular weight is 273 g/mol. The van der Waals surface area contributed by atoms with E-state index in [1.165, 1.54) is 0 Å². The van der Waals surface area contributed by atoms with Crippen LogP contribution in [0, 0.1) is 30.1 Å². The molecule has 0 rings (SSSR count). The van der Waals surface area contributed by atoms with Crippen LogP contribution in [-0.2, 0) is 32.7 Å². The second kappa shape index (κ2) is 7.33. The first kappa shape index (κ1) is 16.5. The molecular weight excluding hydrogens is 254 g/mol. The van der Waals surface area contributed by atoms with E-state index >= 15 is 0 Å². The molecule has 4 unspecified atom stereocenters. The predicted molar refractivity (Wildman–Crippen MR) is 56.6 cm³/mol. The van der Waals surface area contributed by atoms with E-state index in [0.29, 0.717) is 5.92 Å². The van der Waals surface area contributed by atoms with E-state index in [9.17, 15) is 0 Å². The van der Waals surface area contributed by atoms with E-state index in [0.717, 1.165) is 12.8 Å². The van der Waals surface area contributed by atoms with Crippen molar-refractivity contribution in [3.8, 4) is 6.07 Å². The standard InChI is InChI=1S/C10H19NP.Y/c1-5-8(2)6-10(4,12)9(3)7-11;/h8-9H,2,5-6,12H2,1,3-4H3;/q-1;. The number of nitriles is 1. The van der Waals surface area contributed by atoms with Crippen LogP contribution in [0.3, 0.4) is 0 Å². The van der Waals surface area contributed by atoms with Crippen LogP contribution in [-0.4, -0.2) is 5.16 Å². The molecule has 0 saturated heterocycles. The van der Waals surface area contributed by atoms with E-state index < -0.39 is 0 Å². The van der Waals surface area contributed by atoms with Gasteiger partial charge >= 0.3 is 0 Å². The summed E-state index contributed by atoms with van der Waals surface area (Å²) < 4.78 is 0. The van der Waals surface area contributed by atoms with Gasteiger partial charge in [0.2, 0.25) is 0 Å². The molecule has 0 aliphatic rings. The van der Waals surface area contributed by atoms with Gasteiger partial charge in [0.1, 0.15) is 0 Å². The Morgan fingerprint density at radius 2 is 2.08 bits per heavy atom. The van der Waals surface area contributed by atoms with Crippen molar-refractivity contribution in [2.75, 3.05) is 0 Å². The second-order valence-electron chi connectivity index (χ2n) is 3.84. The number of nitrogens with zero attached hydrogens (tertiary/aromatic N) is 1. The molecule has 13 heavy (non-hydrogen) atoms. The SMILES string of the molecule is [CH2-]C(CC)CC(C)(P)C(C)C#N.[Y]. The van der Waals surface area contributed by atoms with Crippen LogP contribution < -0.4 is 0 Å². The molecule has 1 radical (unpaired) electrons. The molecule has 0 N–H and O–H groups in total. The van der Waals surface area contributed by atoms with E-state index in [1.807, 2.05) is 6.92 Å². The van der Waals surface area contributed by atoms with Crippen molar-refractivity contribution in [2.24, 2.45) is 11.8 Å². The fourth-order valence-corrected chi connectivity index (χ4v) is 1.50. The Hall–Kier alpha value is 1.02. The second-order valence-corrected chi connectivity index (χ2v) is 5.15. The summed E-state index contributed by atoms with van der Waals surface area (Å²) >= 11 is 0. The van der Waals surface area contributed by atoms with Crippen LogP contribution in [0.25, 0.3) is 0 Å². The number of rotatable bonds is 4. The smallest absolute Gasteiger partial charge is 0.0662 e. The summed E-state index contributed by atoms with van der Waals surface area (Å²) in [6, 6.07) is 2.29. The van der Waals surface area contributed by atoms with Crippen LogP contribution in [0.15, 0.2) is 0 Å². The molecule has 0 amide bonds. The number of hydrogen-bond donors (Lipinski definition) is 0. The Balaban J connectivity index is 0. The Bertz CT molecular complexity index is 174. The van der Waals surface area contributed by atoms with Gasteiger partial charge in [-0.05, 0) is 12.1 Å². The zero-order chi connectivity index (χ0) is 9.78. The van der Waals surface area contributed by atoms with E-state index in [-0.39, 0.29) is 43.8 Å². The maximum Gasteiger partial charge on any atom is 0.0662 e. The van der Waals surface area contributed by atoms with Crippen molar-refractivity contribution in [1.29, 1.82) is 5.26 Å². The Labute approximate surface area is 110 Å². The van der Waals surface area contributed by atoms with Crippen molar-refractivity contribution in [1.82, 2.24) is 0 Å². The summed E-state index contributed by atoms with van der Waals surface area (Å²) in [4.78, 5) is 0. The van der Waals surface area contributed by atoms with Crippen molar-refractivity contribution in [2.45, 2.75) is 38.8 Å². The minimum absolute atomic E-state index is 0. The van der Waals surface area contributed by atoms with Gasteiger partial charge < -0.3 is 6.92 Å². The third kappa shape index (κ3) is 6.16. The fraction of sp³-hybridized carbons (Fsp3) is 0.800. The zero-order valence-electron chi connectivity index (χ0n) is 8.88. The molecule has 73 valence electrons. The molecule has 0 heterocycles. The van der Waals surface area contributed by atoms with Gasteiger partial charge in [-0.25, -0.2) is 0 Å². The Kier molecular flexibility index (Phi) is 9.28. The summed E-state index contributed by atoms with van der Waals surface area (Å²) in [6.45, 7) is 10.2. The summed E-state index contributed by atoms with van der Waals surface area (Å²) in [5.74, 6) is 0.543. The normalized spacial score (nSPS) is 19.1. The zero-order valence-corrected chi connectivity index (χ0v) is 12.9. The third-order valence-corrected chi connectivity index (χ3v) is 3.22. The fourth-order valence-electron chi connectivity index (χ4n) is 1.09. The minimum Gasteiger partial charge on any atom is -0.340 e. The first-order chi connectivity index (χ1) is 5.44. The molecule has 0 bridgehead atoms. The van der Waals surface area contributed by atoms with Gasteiger partial charge in [-0.1, -0.05) is 26.7 Å². The number of hydrogen-bond acceptors (Lipinski definition) is 1. The van der Waals surface area contributed by atoms with Crippen molar-refractivity contribution < 1.29 is 32.7 Å². The molecule has 3 heteroatoms. The van der Waals surface area contributed by atoms with Crippen molar-refractivity contribution >= 4 is 9.24 Å². The molecule has 0 spiro atoms. The van der Waals surface area contributed by atoms with Gasteiger partial charge in [0.25, 0.3) is 0 Å². The summed E-state index contributed by atoms with van der Waals surface area (Å²) in [6.07, 6.45) is 2.09. The van der Waals surface area contributed by atoms with Gasteiger partial charge in [-0.2, -0.15) is 11.2 Å². The van der Waals surface area contributed by atoms with Gasteiger partial charge in [-0.15, -0.1) is 9.24 Å². The van der Waals surface area contributed by atoms with E-state index in [1.54, 1.807) is 0 Å². The largest absolute Gasteiger partial charge is 0.340 e. The van der Waals surface area contributed by atoms with Gasteiger partial charge in [0.15, 0.2) is 0 Å². The van der Waals surface area contributed by atoms with Gasteiger partial charge in [-0.3, -0.25) is 0 Å². The van der Waals surface area contributed by atoms with Crippen LogP contribution in [0.1, 0.15) is 33.6 Å². The van der Waals surface area contributed by atoms with Crippen LogP contribution in [0.2, 0.25) is 0 Å². The van der Waals surface area contributed by atoms with Crippen LogP contribution >= 0.6 is 9.24 Å². The average Bonchev–Trinajstić information content (AvgIpc) is 2.02. The topological polar surface area (TPSA) is 23.8 Å². The van der Waals surface area contributed by atoms with Crippen molar-refractivity contribution in [3.63, 3.8) is 0 Å². The molecule has 0 aromatic rings. The van der Waals surface area contributed by atoms with E-state index in [2.05, 4.69) is 36.1 Å². The predicted octanol–water partition coefficient (Wildman–Crippen LogP) is 3.03. The maximum atomic E-state index is 8.77. The Morgan fingerprint density at radius 3 is 2.38 bits per heavy atom. The molecule has 0 saturated carbocycles. The van der Waals surface area contributed by atoms with Gasteiger partial charge in [0, 0.05) is 32.7 Å². The van der Waals surface area contributed by atoms with E-state index in [4.69, 9.17) is 5.26 Å². The minimum atomic E-state index is 0. The molecule has 4 atom stereocenters. The molecule has 1 nitrogen and oxygen atoms in total. The first-order valence-corrected chi connectivity index (χ1v) is 5.03. The summed E-state index contributed by atoms with van der Waals surface area (Å²) in [7, 11) is 2.79. The molecule has 0 aliphatic heterocycles. The molecule has 0 aromatic carbocycles. The summed E-state index contributed by atoms with van der Waals surface area (Å²) in [5.41, 5.74) is 0. The molecule has 0 aromatic heterocycles. The molecule has 0 fully saturated rings. The quantitative estimate of drug-likeness (QED) is 0.570. The first-order valence-electron chi connectivity index (χ1n) is 4.45. The Morgan fingerprint density at radius 1 is 1.62 bits per heavy atom. The van der Waals surface area contributed by atoms with Crippen LogP contribution in [0.4, 0.5) is 0 Å². The monoisotopic (exact) mass is 273 g/mol.